The molecule has 2 N–H and O–H groups in total. The Labute approximate surface area is 126 Å². The molecule has 1 atom stereocenters. The van der Waals surface area contributed by atoms with Gasteiger partial charge in [0, 0.05) is 39.4 Å². The smallest absolute Gasteiger partial charge is 0.257 e. The molecule has 0 radical (unpaired) electrons. The summed E-state index contributed by atoms with van der Waals surface area (Å²) in [5.74, 6) is 0.613. The van der Waals surface area contributed by atoms with Crippen molar-refractivity contribution in [2.75, 3.05) is 39.3 Å². The number of carbonyl (C=O) groups is 1. The van der Waals surface area contributed by atoms with Crippen molar-refractivity contribution < 1.29 is 4.79 Å². The Morgan fingerprint density at radius 3 is 2.76 bits per heavy atom. The molecule has 1 saturated heterocycles. The summed E-state index contributed by atoms with van der Waals surface area (Å²) in [5.41, 5.74) is 7.23. The molecule has 1 aliphatic heterocycles. The second-order valence-corrected chi connectivity index (χ2v) is 6.09. The molecule has 118 valence electrons. The fourth-order valence-electron chi connectivity index (χ4n) is 2.85. The third-order valence-corrected chi connectivity index (χ3v) is 4.09. The maximum absolute atomic E-state index is 12.6. The van der Waals surface area contributed by atoms with E-state index in [1.807, 2.05) is 25.1 Å². The molecule has 1 unspecified atom stereocenters. The molecular weight excluding hydrogens is 266 g/mol. The number of aromatic nitrogens is 2. The molecule has 2 rings (SSSR count). The molecule has 0 spiro atoms. The summed E-state index contributed by atoms with van der Waals surface area (Å²) in [6.07, 6.45) is 2.83. The van der Waals surface area contributed by atoms with Gasteiger partial charge in [0.1, 0.15) is 0 Å². The van der Waals surface area contributed by atoms with Gasteiger partial charge in [0.25, 0.3) is 5.91 Å². The van der Waals surface area contributed by atoms with E-state index in [0.717, 1.165) is 50.4 Å². The minimum absolute atomic E-state index is 0.106. The van der Waals surface area contributed by atoms with E-state index < -0.39 is 0 Å². The highest BCUT2D eigenvalue weighted by molar-refractivity contribution is 5.95. The van der Waals surface area contributed by atoms with Crippen molar-refractivity contribution >= 4 is 5.91 Å². The fraction of sp³-hybridized carbons (Fsp3) is 0.733. The molecule has 1 aliphatic rings. The van der Waals surface area contributed by atoms with Crippen molar-refractivity contribution in [3.8, 4) is 0 Å². The summed E-state index contributed by atoms with van der Waals surface area (Å²) in [4.78, 5) is 17.0. The normalized spacial score (nSPS) is 18.6. The molecule has 6 heteroatoms. The number of carbonyl (C=O) groups excluding carboxylic acids is 1. The molecule has 0 saturated carbocycles. The van der Waals surface area contributed by atoms with E-state index in [-0.39, 0.29) is 5.91 Å². The summed E-state index contributed by atoms with van der Waals surface area (Å²) in [5, 5.41) is 4.26. The molecule has 1 aromatic heterocycles. The Bertz CT molecular complexity index is 484. The second kappa shape index (κ2) is 7.04. The van der Waals surface area contributed by atoms with Gasteiger partial charge in [-0.1, -0.05) is 6.92 Å². The fourth-order valence-corrected chi connectivity index (χ4v) is 2.85. The van der Waals surface area contributed by atoms with Crippen molar-refractivity contribution in [3.63, 3.8) is 0 Å². The van der Waals surface area contributed by atoms with Gasteiger partial charge >= 0.3 is 0 Å². The Balaban J connectivity index is 1.96. The van der Waals surface area contributed by atoms with Gasteiger partial charge in [-0.15, -0.1) is 0 Å². The van der Waals surface area contributed by atoms with Gasteiger partial charge in [0.15, 0.2) is 0 Å². The molecule has 1 aromatic rings. The predicted octanol–water partition coefficient (Wildman–Crippen LogP) is 0.471. The monoisotopic (exact) mass is 293 g/mol. The molecule has 2 heterocycles. The van der Waals surface area contributed by atoms with Crippen LogP contribution in [0.15, 0.2) is 6.20 Å². The standard InChI is InChI=1S/C15H27N5O/c1-12(9-16)10-19-5-4-6-20(8-7-19)15(21)14-11-18(3)17-13(14)2/h11-12H,4-10,16H2,1-3H3. The molecule has 0 bridgehead atoms. The first-order valence-electron chi connectivity index (χ1n) is 7.73. The van der Waals surface area contributed by atoms with E-state index in [0.29, 0.717) is 12.5 Å². The van der Waals surface area contributed by atoms with E-state index in [1.165, 1.54) is 0 Å². The van der Waals surface area contributed by atoms with Crippen molar-refractivity contribution in [1.82, 2.24) is 19.6 Å². The van der Waals surface area contributed by atoms with Crippen molar-refractivity contribution in [3.05, 3.63) is 17.5 Å². The molecule has 1 fully saturated rings. The van der Waals surface area contributed by atoms with Gasteiger partial charge in [-0.25, -0.2) is 0 Å². The Kier molecular flexibility index (Phi) is 5.36. The number of hydrogen-bond donors (Lipinski definition) is 1. The van der Waals surface area contributed by atoms with E-state index in [9.17, 15) is 4.79 Å². The van der Waals surface area contributed by atoms with E-state index in [2.05, 4.69) is 16.9 Å². The van der Waals surface area contributed by atoms with Gasteiger partial charge < -0.3 is 15.5 Å². The highest BCUT2D eigenvalue weighted by atomic mass is 16.2. The van der Waals surface area contributed by atoms with Gasteiger partial charge in [-0.3, -0.25) is 9.48 Å². The van der Waals surface area contributed by atoms with Crippen LogP contribution in [0.25, 0.3) is 0 Å². The lowest BCUT2D eigenvalue weighted by Gasteiger charge is -2.24. The predicted molar refractivity (Wildman–Crippen MR) is 83.1 cm³/mol. The highest BCUT2D eigenvalue weighted by Crippen LogP contribution is 2.12. The summed E-state index contributed by atoms with van der Waals surface area (Å²) in [7, 11) is 1.85. The van der Waals surface area contributed by atoms with Crippen LogP contribution in [0.1, 0.15) is 29.4 Å². The molecule has 6 nitrogen and oxygen atoms in total. The first-order chi connectivity index (χ1) is 10.0. The van der Waals surface area contributed by atoms with Crippen LogP contribution in [0, 0.1) is 12.8 Å². The Hall–Kier alpha value is -1.40. The molecule has 1 amide bonds. The molecular formula is C15H27N5O. The number of rotatable bonds is 4. The number of aryl methyl sites for hydroxylation is 2. The lowest BCUT2D eigenvalue weighted by molar-refractivity contribution is 0.0760. The molecule has 0 aromatic carbocycles. The maximum Gasteiger partial charge on any atom is 0.257 e. The van der Waals surface area contributed by atoms with Crippen LogP contribution in [0.2, 0.25) is 0 Å². The molecule has 0 aliphatic carbocycles. The topological polar surface area (TPSA) is 67.4 Å². The summed E-state index contributed by atoms with van der Waals surface area (Å²) < 4.78 is 1.70. The first-order valence-corrected chi connectivity index (χ1v) is 7.73. The minimum atomic E-state index is 0.106. The van der Waals surface area contributed by atoms with E-state index in [1.54, 1.807) is 4.68 Å². The zero-order valence-corrected chi connectivity index (χ0v) is 13.4. The first kappa shape index (κ1) is 16.0. The van der Waals surface area contributed by atoms with Crippen LogP contribution >= 0.6 is 0 Å². The van der Waals surface area contributed by atoms with Gasteiger partial charge in [0.2, 0.25) is 0 Å². The number of amides is 1. The number of hydrogen-bond acceptors (Lipinski definition) is 4. The number of nitrogens with two attached hydrogens (primary N) is 1. The SMILES string of the molecule is Cc1nn(C)cc1C(=O)N1CCCN(CC(C)CN)CC1. The Morgan fingerprint density at radius 1 is 1.38 bits per heavy atom. The lowest BCUT2D eigenvalue weighted by atomic mass is 10.1. The quantitative estimate of drug-likeness (QED) is 0.876. The highest BCUT2D eigenvalue weighted by Gasteiger charge is 2.23. The van der Waals surface area contributed by atoms with Crippen molar-refractivity contribution in [2.45, 2.75) is 20.3 Å². The second-order valence-electron chi connectivity index (χ2n) is 6.09. The lowest BCUT2D eigenvalue weighted by Crippen LogP contribution is -2.37. The van der Waals surface area contributed by atoms with Crippen LogP contribution < -0.4 is 5.73 Å². The van der Waals surface area contributed by atoms with Crippen LogP contribution in [0.3, 0.4) is 0 Å². The largest absolute Gasteiger partial charge is 0.337 e. The summed E-state index contributed by atoms with van der Waals surface area (Å²) in [6.45, 7) is 9.37. The van der Waals surface area contributed by atoms with Crippen molar-refractivity contribution in [1.29, 1.82) is 0 Å². The van der Waals surface area contributed by atoms with Gasteiger partial charge in [-0.2, -0.15) is 5.10 Å². The minimum Gasteiger partial charge on any atom is -0.337 e. The zero-order chi connectivity index (χ0) is 15.4. The van der Waals surface area contributed by atoms with E-state index in [4.69, 9.17) is 5.73 Å². The third-order valence-electron chi connectivity index (χ3n) is 4.09. The van der Waals surface area contributed by atoms with Crippen LogP contribution in [-0.2, 0) is 7.05 Å². The van der Waals surface area contributed by atoms with Crippen LogP contribution in [0.5, 0.6) is 0 Å². The third kappa shape index (κ3) is 4.04. The molecule has 21 heavy (non-hydrogen) atoms. The van der Waals surface area contributed by atoms with Crippen molar-refractivity contribution in [2.24, 2.45) is 18.7 Å². The summed E-state index contributed by atoms with van der Waals surface area (Å²) >= 11 is 0. The Morgan fingerprint density at radius 2 is 2.14 bits per heavy atom. The average Bonchev–Trinajstić information content (AvgIpc) is 2.65. The van der Waals surface area contributed by atoms with E-state index >= 15 is 0 Å². The summed E-state index contributed by atoms with van der Waals surface area (Å²) in [6, 6.07) is 0. The zero-order valence-electron chi connectivity index (χ0n) is 13.4. The average molecular weight is 293 g/mol. The van der Waals surface area contributed by atoms with Crippen LogP contribution in [0.4, 0.5) is 0 Å². The maximum atomic E-state index is 12.6. The van der Waals surface area contributed by atoms with Gasteiger partial charge in [0.05, 0.1) is 11.3 Å². The van der Waals surface area contributed by atoms with Crippen LogP contribution in [-0.4, -0.2) is 64.8 Å². The van der Waals surface area contributed by atoms with Gasteiger partial charge in [-0.05, 0) is 32.4 Å². The number of nitrogens with zero attached hydrogens (tertiary/aromatic N) is 4.